The van der Waals surface area contributed by atoms with E-state index >= 15 is 0 Å². The Labute approximate surface area is 121 Å². The molecule has 2 aliphatic rings. The van der Waals surface area contributed by atoms with Crippen molar-refractivity contribution in [1.82, 2.24) is 9.80 Å². The number of rotatable bonds is 5. The van der Waals surface area contributed by atoms with Gasteiger partial charge in [-0.1, -0.05) is 0 Å². The molecular weight excluding hydrogens is 250 g/mol. The monoisotopic (exact) mass is 277 g/mol. The van der Waals surface area contributed by atoms with Crippen LogP contribution in [-0.2, 0) is 6.54 Å². The fraction of sp³-hybridized carbons (Fsp3) is 0.750. The summed E-state index contributed by atoms with van der Waals surface area (Å²) in [4.78, 5) is 5.10. The molecule has 112 valence electrons. The first kappa shape index (κ1) is 14.1. The van der Waals surface area contributed by atoms with Crippen LogP contribution >= 0.6 is 0 Å². The lowest BCUT2D eigenvalue weighted by Gasteiger charge is -2.43. The average Bonchev–Trinajstić information content (AvgIpc) is 3.20. The van der Waals surface area contributed by atoms with Gasteiger partial charge in [0.2, 0.25) is 0 Å². The van der Waals surface area contributed by atoms with Crippen molar-refractivity contribution in [3.05, 3.63) is 24.2 Å². The molecule has 0 spiro atoms. The molecule has 4 heteroatoms. The third-order valence-electron chi connectivity index (χ3n) is 5.02. The van der Waals surface area contributed by atoms with E-state index in [0.717, 1.165) is 25.4 Å². The number of nitrogens with zero attached hydrogens (tertiary/aromatic N) is 2. The minimum atomic E-state index is 0.165. The predicted octanol–water partition coefficient (Wildman–Crippen LogP) is 2.06. The normalized spacial score (nSPS) is 28.8. The summed E-state index contributed by atoms with van der Waals surface area (Å²) in [6, 6.07) is 4.78. The van der Waals surface area contributed by atoms with Crippen LogP contribution in [0.1, 0.15) is 37.9 Å². The van der Waals surface area contributed by atoms with Gasteiger partial charge in [0.1, 0.15) is 5.76 Å². The van der Waals surface area contributed by atoms with Crippen molar-refractivity contribution in [2.24, 2.45) is 5.73 Å². The zero-order chi connectivity index (χ0) is 14.0. The molecule has 1 unspecified atom stereocenters. The molecule has 4 nitrogen and oxygen atoms in total. The summed E-state index contributed by atoms with van der Waals surface area (Å²) >= 11 is 0. The second-order valence-corrected chi connectivity index (χ2v) is 6.52. The molecule has 0 amide bonds. The fourth-order valence-electron chi connectivity index (χ4n) is 3.56. The Morgan fingerprint density at radius 1 is 1.40 bits per heavy atom. The number of likely N-dealkylation sites (tertiary alicyclic amines) is 1. The number of furan rings is 1. The van der Waals surface area contributed by atoms with Gasteiger partial charge in [0.25, 0.3) is 0 Å². The van der Waals surface area contributed by atoms with Crippen LogP contribution in [0.3, 0.4) is 0 Å². The minimum Gasteiger partial charge on any atom is -0.468 e. The van der Waals surface area contributed by atoms with Crippen molar-refractivity contribution in [3.8, 4) is 0 Å². The third-order valence-corrected chi connectivity index (χ3v) is 5.02. The van der Waals surface area contributed by atoms with Gasteiger partial charge < -0.3 is 15.1 Å². The maximum atomic E-state index is 6.26. The molecule has 3 rings (SSSR count). The van der Waals surface area contributed by atoms with Crippen LogP contribution in [0.5, 0.6) is 0 Å². The van der Waals surface area contributed by atoms with E-state index in [9.17, 15) is 0 Å². The van der Waals surface area contributed by atoms with Gasteiger partial charge >= 0.3 is 0 Å². The zero-order valence-electron chi connectivity index (χ0n) is 12.6. The highest BCUT2D eigenvalue weighted by Crippen LogP contribution is 2.39. The van der Waals surface area contributed by atoms with Gasteiger partial charge in [-0.2, -0.15) is 0 Å². The number of hydrogen-bond acceptors (Lipinski definition) is 4. The lowest BCUT2D eigenvalue weighted by atomic mass is 9.88. The lowest BCUT2D eigenvalue weighted by molar-refractivity contribution is 0.0553. The molecule has 0 aromatic carbocycles. The van der Waals surface area contributed by atoms with E-state index < -0.39 is 0 Å². The number of hydrogen-bond donors (Lipinski definition) is 1. The molecule has 1 saturated carbocycles. The highest BCUT2D eigenvalue weighted by atomic mass is 16.3. The lowest BCUT2D eigenvalue weighted by Crippen LogP contribution is -2.54. The minimum absolute atomic E-state index is 0.165. The molecule has 2 fully saturated rings. The molecule has 1 aromatic rings. The zero-order valence-corrected chi connectivity index (χ0v) is 12.6. The van der Waals surface area contributed by atoms with E-state index in [4.69, 9.17) is 10.2 Å². The van der Waals surface area contributed by atoms with Crippen LogP contribution in [0.15, 0.2) is 22.8 Å². The SMILES string of the molecule is CN1CCCC(CN)(N(Cc2ccco2)C2CC2)CC1. The predicted molar refractivity (Wildman–Crippen MR) is 80.4 cm³/mol. The Morgan fingerprint density at radius 3 is 2.90 bits per heavy atom. The van der Waals surface area contributed by atoms with Crippen molar-refractivity contribution in [1.29, 1.82) is 0 Å². The van der Waals surface area contributed by atoms with Gasteiger partial charge in [-0.15, -0.1) is 0 Å². The van der Waals surface area contributed by atoms with Gasteiger partial charge in [-0.05, 0) is 64.4 Å². The highest BCUT2D eigenvalue weighted by Gasteiger charge is 2.44. The van der Waals surface area contributed by atoms with Crippen LogP contribution in [0.4, 0.5) is 0 Å². The maximum absolute atomic E-state index is 6.26. The standard InChI is InChI=1S/C16H27N3O/c1-18-9-3-7-16(13-17,8-10-18)19(14-5-6-14)12-15-4-2-11-20-15/h2,4,11,14H,3,5-10,12-13,17H2,1H3. The largest absolute Gasteiger partial charge is 0.468 e. The van der Waals surface area contributed by atoms with Crippen LogP contribution in [0.25, 0.3) is 0 Å². The molecule has 1 atom stereocenters. The van der Waals surface area contributed by atoms with Crippen molar-refractivity contribution < 1.29 is 4.42 Å². The van der Waals surface area contributed by atoms with E-state index in [1.807, 2.05) is 6.07 Å². The van der Waals surface area contributed by atoms with Crippen molar-refractivity contribution in [2.45, 2.75) is 50.2 Å². The molecule has 2 heterocycles. The summed E-state index contributed by atoms with van der Waals surface area (Å²) in [5, 5.41) is 0. The van der Waals surface area contributed by atoms with Crippen LogP contribution in [-0.4, -0.2) is 48.1 Å². The first-order chi connectivity index (χ1) is 9.73. The molecule has 20 heavy (non-hydrogen) atoms. The van der Waals surface area contributed by atoms with Crippen LogP contribution in [0, 0.1) is 0 Å². The molecule has 1 aliphatic heterocycles. The Morgan fingerprint density at radius 2 is 2.25 bits per heavy atom. The first-order valence-corrected chi connectivity index (χ1v) is 7.91. The Balaban J connectivity index is 1.79. The molecular formula is C16H27N3O. The van der Waals surface area contributed by atoms with Gasteiger partial charge in [-0.25, -0.2) is 0 Å². The smallest absolute Gasteiger partial charge is 0.117 e. The van der Waals surface area contributed by atoms with Gasteiger partial charge in [0.15, 0.2) is 0 Å². The summed E-state index contributed by atoms with van der Waals surface area (Å²) in [6.45, 7) is 4.02. The maximum Gasteiger partial charge on any atom is 0.117 e. The summed E-state index contributed by atoms with van der Waals surface area (Å²) in [5.41, 5.74) is 6.42. The first-order valence-electron chi connectivity index (χ1n) is 7.91. The second-order valence-electron chi connectivity index (χ2n) is 6.52. The molecule has 2 N–H and O–H groups in total. The van der Waals surface area contributed by atoms with E-state index in [2.05, 4.69) is 22.9 Å². The molecule has 1 aromatic heterocycles. The quantitative estimate of drug-likeness (QED) is 0.895. The van der Waals surface area contributed by atoms with Crippen molar-refractivity contribution in [3.63, 3.8) is 0 Å². The van der Waals surface area contributed by atoms with Gasteiger partial charge in [0, 0.05) is 18.1 Å². The van der Waals surface area contributed by atoms with Crippen LogP contribution in [0.2, 0.25) is 0 Å². The summed E-state index contributed by atoms with van der Waals surface area (Å²) in [6.07, 6.45) is 8.05. The fourth-order valence-corrected chi connectivity index (χ4v) is 3.56. The summed E-state index contributed by atoms with van der Waals surface area (Å²) < 4.78 is 5.58. The molecule has 0 bridgehead atoms. The van der Waals surface area contributed by atoms with Crippen molar-refractivity contribution in [2.75, 3.05) is 26.7 Å². The van der Waals surface area contributed by atoms with E-state index in [0.29, 0.717) is 6.04 Å². The molecule has 0 radical (unpaired) electrons. The van der Waals surface area contributed by atoms with Gasteiger partial charge in [0.05, 0.1) is 12.8 Å². The molecule has 1 saturated heterocycles. The van der Waals surface area contributed by atoms with E-state index in [1.165, 1.54) is 38.6 Å². The topological polar surface area (TPSA) is 45.6 Å². The summed E-state index contributed by atoms with van der Waals surface area (Å²) in [7, 11) is 2.22. The van der Waals surface area contributed by atoms with Crippen molar-refractivity contribution >= 4 is 0 Å². The summed E-state index contributed by atoms with van der Waals surface area (Å²) in [5.74, 6) is 1.07. The average molecular weight is 277 g/mol. The van der Waals surface area contributed by atoms with Crippen LogP contribution < -0.4 is 5.73 Å². The third kappa shape index (κ3) is 2.92. The Bertz CT molecular complexity index is 415. The Kier molecular flexibility index (Phi) is 4.15. The highest BCUT2D eigenvalue weighted by molar-refractivity contribution is 5.05. The van der Waals surface area contributed by atoms with E-state index in [-0.39, 0.29) is 5.54 Å². The van der Waals surface area contributed by atoms with E-state index in [1.54, 1.807) is 6.26 Å². The second kappa shape index (κ2) is 5.88. The van der Waals surface area contributed by atoms with Gasteiger partial charge in [-0.3, -0.25) is 4.90 Å². The number of nitrogens with two attached hydrogens (primary N) is 1. The Hall–Kier alpha value is -0.840. The molecule has 1 aliphatic carbocycles.